The van der Waals surface area contributed by atoms with Gasteiger partial charge in [-0.2, -0.15) is 4.31 Å². The molecule has 0 atom stereocenters. The van der Waals surface area contributed by atoms with Crippen LogP contribution in [0.25, 0.3) is 0 Å². The Kier molecular flexibility index (Phi) is 4.85. The SMILES string of the molecule is CCN(CCOC)S(=O)(=O)c1cc(CO)n(C2CC2)c1. The van der Waals surface area contributed by atoms with Gasteiger partial charge in [-0.25, -0.2) is 8.42 Å². The van der Waals surface area contributed by atoms with Crippen molar-refractivity contribution in [3.63, 3.8) is 0 Å². The van der Waals surface area contributed by atoms with Gasteiger partial charge in [-0.05, 0) is 18.9 Å². The van der Waals surface area contributed by atoms with Crippen LogP contribution in [0.5, 0.6) is 0 Å². The van der Waals surface area contributed by atoms with Gasteiger partial charge in [0.05, 0.1) is 13.2 Å². The largest absolute Gasteiger partial charge is 0.390 e. The van der Waals surface area contributed by atoms with E-state index in [0.29, 0.717) is 31.4 Å². The molecule has 1 saturated carbocycles. The number of aliphatic hydroxyl groups is 1. The second-order valence-electron chi connectivity index (χ2n) is 4.95. The van der Waals surface area contributed by atoms with Crippen LogP contribution in [0.2, 0.25) is 0 Å². The molecule has 1 fully saturated rings. The molecule has 0 bridgehead atoms. The number of likely N-dealkylation sites (N-methyl/N-ethyl adjacent to an activating group) is 1. The lowest BCUT2D eigenvalue weighted by atomic mass is 10.4. The van der Waals surface area contributed by atoms with Crippen molar-refractivity contribution in [1.82, 2.24) is 8.87 Å². The van der Waals surface area contributed by atoms with Crippen LogP contribution in [-0.2, 0) is 21.4 Å². The zero-order valence-corrected chi connectivity index (χ0v) is 12.8. The summed E-state index contributed by atoms with van der Waals surface area (Å²) in [5.41, 5.74) is 0.661. The van der Waals surface area contributed by atoms with Gasteiger partial charge < -0.3 is 14.4 Å². The summed E-state index contributed by atoms with van der Waals surface area (Å²) in [5.74, 6) is 0. The van der Waals surface area contributed by atoms with Gasteiger partial charge in [0, 0.05) is 38.1 Å². The molecule has 7 heteroatoms. The van der Waals surface area contributed by atoms with E-state index >= 15 is 0 Å². The Hall–Kier alpha value is -0.890. The first-order chi connectivity index (χ1) is 9.54. The normalized spacial score (nSPS) is 16.0. The van der Waals surface area contributed by atoms with Crippen molar-refractivity contribution in [2.24, 2.45) is 0 Å². The Labute approximate surface area is 120 Å². The first-order valence-corrected chi connectivity index (χ1v) is 8.29. The van der Waals surface area contributed by atoms with Crippen LogP contribution in [-0.4, -0.2) is 49.2 Å². The summed E-state index contributed by atoms with van der Waals surface area (Å²) in [5, 5.41) is 9.36. The molecule has 0 amide bonds. The van der Waals surface area contributed by atoms with Crippen LogP contribution in [0, 0.1) is 0 Å². The average molecular weight is 302 g/mol. The van der Waals surface area contributed by atoms with Crippen LogP contribution >= 0.6 is 0 Å². The van der Waals surface area contributed by atoms with Crippen molar-refractivity contribution in [3.05, 3.63) is 18.0 Å². The number of aromatic nitrogens is 1. The Morgan fingerprint density at radius 3 is 2.70 bits per heavy atom. The maximum atomic E-state index is 12.6. The van der Waals surface area contributed by atoms with E-state index in [1.165, 1.54) is 4.31 Å². The lowest BCUT2D eigenvalue weighted by Gasteiger charge is -2.19. The number of aliphatic hydroxyl groups excluding tert-OH is 1. The van der Waals surface area contributed by atoms with Gasteiger partial charge in [-0.3, -0.25) is 0 Å². The zero-order chi connectivity index (χ0) is 14.8. The van der Waals surface area contributed by atoms with Crippen molar-refractivity contribution < 1.29 is 18.3 Å². The molecule has 0 saturated heterocycles. The standard InChI is InChI=1S/C13H22N2O4S/c1-3-14(6-7-19-2)20(17,18)13-8-12(10-16)15(9-13)11-4-5-11/h8-9,11,16H,3-7,10H2,1-2H3. The van der Waals surface area contributed by atoms with E-state index in [9.17, 15) is 13.5 Å². The highest BCUT2D eigenvalue weighted by molar-refractivity contribution is 7.89. The first-order valence-electron chi connectivity index (χ1n) is 6.85. The predicted octanol–water partition coefficient (Wildman–Crippen LogP) is 0.972. The molecule has 0 radical (unpaired) electrons. The van der Waals surface area contributed by atoms with Crippen molar-refractivity contribution >= 4 is 10.0 Å². The summed E-state index contributed by atoms with van der Waals surface area (Å²) in [6.45, 7) is 2.75. The summed E-state index contributed by atoms with van der Waals surface area (Å²) < 4.78 is 33.4. The third-order valence-electron chi connectivity index (χ3n) is 3.54. The molecule has 20 heavy (non-hydrogen) atoms. The molecule has 0 aliphatic heterocycles. The van der Waals surface area contributed by atoms with E-state index < -0.39 is 10.0 Å². The number of sulfonamides is 1. The molecule has 2 rings (SSSR count). The zero-order valence-electron chi connectivity index (χ0n) is 11.9. The monoisotopic (exact) mass is 302 g/mol. The summed E-state index contributed by atoms with van der Waals surface area (Å²) in [7, 11) is -1.97. The van der Waals surface area contributed by atoms with Gasteiger partial charge in [0.2, 0.25) is 10.0 Å². The van der Waals surface area contributed by atoms with Crippen molar-refractivity contribution in [2.45, 2.75) is 37.3 Å². The van der Waals surface area contributed by atoms with E-state index in [1.807, 2.05) is 4.57 Å². The van der Waals surface area contributed by atoms with Crippen molar-refractivity contribution in [3.8, 4) is 0 Å². The molecular formula is C13H22N2O4S. The van der Waals surface area contributed by atoms with Gasteiger partial charge in [0.15, 0.2) is 0 Å². The van der Waals surface area contributed by atoms with Crippen molar-refractivity contribution in [1.29, 1.82) is 0 Å². The maximum absolute atomic E-state index is 12.6. The Balaban J connectivity index is 2.28. The lowest BCUT2D eigenvalue weighted by Crippen LogP contribution is -2.33. The fraction of sp³-hybridized carbons (Fsp3) is 0.692. The molecule has 1 heterocycles. The topological polar surface area (TPSA) is 71.8 Å². The number of nitrogens with zero attached hydrogens (tertiary/aromatic N) is 2. The highest BCUT2D eigenvalue weighted by Crippen LogP contribution is 2.37. The third-order valence-corrected chi connectivity index (χ3v) is 5.48. The molecule has 0 aromatic carbocycles. The molecule has 1 aromatic rings. The van der Waals surface area contributed by atoms with Crippen LogP contribution < -0.4 is 0 Å². The van der Waals surface area contributed by atoms with Crippen LogP contribution in [0.3, 0.4) is 0 Å². The Bertz CT molecular complexity index is 549. The highest BCUT2D eigenvalue weighted by Gasteiger charge is 2.30. The van der Waals surface area contributed by atoms with E-state index in [2.05, 4.69) is 0 Å². The second-order valence-corrected chi connectivity index (χ2v) is 6.89. The first kappa shape index (κ1) is 15.5. The molecule has 1 N–H and O–H groups in total. The number of hydrogen-bond acceptors (Lipinski definition) is 4. The van der Waals surface area contributed by atoms with Crippen LogP contribution in [0.1, 0.15) is 31.5 Å². The van der Waals surface area contributed by atoms with Crippen molar-refractivity contribution in [2.75, 3.05) is 26.8 Å². The molecule has 1 aliphatic carbocycles. The molecule has 6 nitrogen and oxygen atoms in total. The highest BCUT2D eigenvalue weighted by atomic mass is 32.2. The summed E-state index contributed by atoms with van der Waals surface area (Å²) in [6.07, 6.45) is 3.73. The maximum Gasteiger partial charge on any atom is 0.244 e. The molecular weight excluding hydrogens is 280 g/mol. The Morgan fingerprint density at radius 1 is 1.50 bits per heavy atom. The van der Waals surface area contributed by atoms with Gasteiger partial charge in [-0.1, -0.05) is 6.92 Å². The minimum atomic E-state index is -3.52. The second kappa shape index (κ2) is 6.26. The van der Waals surface area contributed by atoms with E-state index in [-0.39, 0.29) is 11.5 Å². The van der Waals surface area contributed by atoms with Gasteiger partial charge in [0.25, 0.3) is 0 Å². The van der Waals surface area contributed by atoms with E-state index in [4.69, 9.17) is 4.74 Å². The van der Waals surface area contributed by atoms with E-state index in [1.54, 1.807) is 26.3 Å². The molecule has 0 spiro atoms. The lowest BCUT2D eigenvalue weighted by molar-refractivity contribution is 0.180. The molecule has 1 aromatic heterocycles. The number of rotatable bonds is 8. The molecule has 0 unspecified atom stereocenters. The minimum absolute atomic E-state index is 0.143. The predicted molar refractivity (Wildman–Crippen MR) is 74.9 cm³/mol. The fourth-order valence-electron chi connectivity index (χ4n) is 2.25. The Morgan fingerprint density at radius 2 is 2.20 bits per heavy atom. The molecule has 1 aliphatic rings. The molecule has 114 valence electrons. The minimum Gasteiger partial charge on any atom is -0.390 e. The summed E-state index contributed by atoms with van der Waals surface area (Å²) >= 11 is 0. The smallest absolute Gasteiger partial charge is 0.244 e. The van der Waals surface area contributed by atoms with Crippen LogP contribution in [0.15, 0.2) is 17.2 Å². The van der Waals surface area contributed by atoms with Gasteiger partial charge in [-0.15, -0.1) is 0 Å². The number of ether oxygens (including phenoxy) is 1. The number of methoxy groups -OCH3 is 1. The van der Waals surface area contributed by atoms with E-state index in [0.717, 1.165) is 12.8 Å². The summed E-state index contributed by atoms with van der Waals surface area (Å²) in [4.78, 5) is 0.256. The van der Waals surface area contributed by atoms with Gasteiger partial charge >= 0.3 is 0 Å². The third kappa shape index (κ3) is 3.06. The quantitative estimate of drug-likeness (QED) is 0.777. The van der Waals surface area contributed by atoms with Gasteiger partial charge in [0.1, 0.15) is 4.90 Å². The van der Waals surface area contributed by atoms with Crippen LogP contribution in [0.4, 0.5) is 0 Å². The number of hydrogen-bond donors (Lipinski definition) is 1. The summed E-state index contributed by atoms with van der Waals surface area (Å²) in [6, 6.07) is 1.92. The average Bonchev–Trinajstić information content (AvgIpc) is 3.18. The fourth-order valence-corrected chi connectivity index (χ4v) is 3.73.